The Morgan fingerprint density at radius 3 is 2.57 bits per heavy atom. The lowest BCUT2D eigenvalue weighted by Gasteiger charge is -2.21. The molecule has 1 unspecified atom stereocenters. The lowest BCUT2D eigenvalue weighted by atomic mass is 9.92. The van der Waals surface area contributed by atoms with E-state index in [9.17, 15) is 0 Å². The van der Waals surface area contributed by atoms with E-state index < -0.39 is 0 Å². The second-order valence-corrected chi connectivity index (χ2v) is 12.3. The summed E-state index contributed by atoms with van der Waals surface area (Å²) in [5, 5.41) is 10.4. The predicted molar refractivity (Wildman–Crippen MR) is 204 cm³/mol. The first-order valence-corrected chi connectivity index (χ1v) is 16.4. The van der Waals surface area contributed by atoms with Crippen LogP contribution in [0.25, 0.3) is 34.2 Å². The highest BCUT2D eigenvalue weighted by atomic mass is 32.1. The molecule has 0 spiro atoms. The molecule has 0 radical (unpaired) electrons. The smallest absolute Gasteiger partial charge is 0.0760 e. The number of benzene rings is 2. The van der Waals surface area contributed by atoms with Crippen LogP contribution in [0, 0.1) is 5.92 Å². The fraction of sp³-hybridized carbons (Fsp3) is 0.220. The summed E-state index contributed by atoms with van der Waals surface area (Å²) >= 11 is 4.83. The summed E-state index contributed by atoms with van der Waals surface area (Å²) in [7, 11) is 2.11. The minimum Gasteiger partial charge on any atom is -0.344 e. The SMILES string of the molecule is C=Cc1c(/C=C\C)n(C)c2ccc(-c3cc(C/C=C\C4=C(/CC)C(=C)/C=C\C=C/CN4S)cc(C4=NN=C(C(C)C=C)C4)c3)cc12. The van der Waals surface area contributed by atoms with Crippen LogP contribution in [0.5, 0.6) is 0 Å². The summed E-state index contributed by atoms with van der Waals surface area (Å²) in [5.41, 5.74) is 13.4. The summed E-state index contributed by atoms with van der Waals surface area (Å²) in [4.78, 5) is 0. The molecule has 46 heavy (non-hydrogen) atoms. The van der Waals surface area contributed by atoms with Crippen LogP contribution in [0.3, 0.4) is 0 Å². The Morgan fingerprint density at radius 2 is 1.83 bits per heavy atom. The van der Waals surface area contributed by atoms with Gasteiger partial charge in [0.05, 0.1) is 17.1 Å². The average Bonchev–Trinajstić information content (AvgIpc) is 3.67. The monoisotopic (exact) mass is 624 g/mol. The molecule has 2 aliphatic rings. The van der Waals surface area contributed by atoms with Gasteiger partial charge in [-0.25, -0.2) is 0 Å². The van der Waals surface area contributed by atoms with E-state index in [0.717, 1.165) is 69.9 Å². The first-order chi connectivity index (χ1) is 22.3. The molecule has 4 nitrogen and oxygen atoms in total. The Balaban J connectivity index is 1.57. The highest BCUT2D eigenvalue weighted by molar-refractivity contribution is 7.77. The number of thiol groups is 1. The molecule has 1 atom stereocenters. The lowest BCUT2D eigenvalue weighted by Crippen LogP contribution is -2.13. The molecular weight excluding hydrogens is 581 g/mol. The van der Waals surface area contributed by atoms with Crippen molar-refractivity contribution in [1.82, 2.24) is 8.87 Å². The van der Waals surface area contributed by atoms with E-state index in [1.165, 1.54) is 22.0 Å². The zero-order valence-electron chi connectivity index (χ0n) is 27.5. The van der Waals surface area contributed by atoms with E-state index in [1.54, 1.807) is 0 Å². The first kappa shape index (κ1) is 32.8. The summed E-state index contributed by atoms with van der Waals surface area (Å²) in [6.45, 7) is 19.5. The molecule has 1 aromatic heterocycles. The van der Waals surface area contributed by atoms with Gasteiger partial charge in [0.15, 0.2) is 0 Å². The second-order valence-electron chi connectivity index (χ2n) is 11.8. The maximum Gasteiger partial charge on any atom is 0.0760 e. The number of nitrogens with zero attached hydrogens (tertiary/aromatic N) is 4. The normalized spacial score (nSPS) is 19.2. The van der Waals surface area contributed by atoms with Gasteiger partial charge in [-0.15, -0.1) is 6.58 Å². The molecule has 2 aliphatic heterocycles. The van der Waals surface area contributed by atoms with Gasteiger partial charge < -0.3 is 8.87 Å². The quantitative estimate of drug-likeness (QED) is 0.177. The van der Waals surface area contributed by atoms with Crippen LogP contribution < -0.4 is 0 Å². The van der Waals surface area contributed by atoms with Crippen molar-refractivity contribution in [3.05, 3.63) is 144 Å². The Hall–Kier alpha value is -4.61. The molecule has 0 aliphatic carbocycles. The van der Waals surface area contributed by atoms with Gasteiger partial charge in [0.2, 0.25) is 0 Å². The molecule has 5 heteroatoms. The topological polar surface area (TPSA) is 32.9 Å². The van der Waals surface area contributed by atoms with E-state index in [4.69, 9.17) is 12.8 Å². The molecular formula is C41H44N4S. The summed E-state index contributed by atoms with van der Waals surface area (Å²) in [6.07, 6.45) is 23.1. The molecule has 3 aromatic rings. The molecule has 0 amide bonds. The zero-order chi connectivity index (χ0) is 32.8. The minimum atomic E-state index is 0.189. The molecule has 0 fully saturated rings. The number of allylic oxidation sites excluding steroid dienone is 9. The average molecular weight is 625 g/mol. The molecule has 0 N–H and O–H groups in total. The second kappa shape index (κ2) is 14.7. The molecule has 0 bridgehead atoms. The molecule has 5 rings (SSSR count). The van der Waals surface area contributed by atoms with Crippen LogP contribution in [0.1, 0.15) is 56.0 Å². The molecule has 2 aromatic carbocycles. The third-order valence-electron chi connectivity index (χ3n) is 8.78. The van der Waals surface area contributed by atoms with Crippen molar-refractivity contribution in [3.8, 4) is 11.1 Å². The van der Waals surface area contributed by atoms with Crippen molar-refractivity contribution in [2.24, 2.45) is 23.2 Å². The van der Waals surface area contributed by atoms with Crippen molar-refractivity contribution < 1.29 is 0 Å². The van der Waals surface area contributed by atoms with Crippen molar-refractivity contribution in [3.63, 3.8) is 0 Å². The molecule has 234 valence electrons. The minimum absolute atomic E-state index is 0.189. The number of rotatable bonds is 10. The Morgan fingerprint density at radius 1 is 1.02 bits per heavy atom. The number of hydrogen-bond donors (Lipinski definition) is 1. The lowest BCUT2D eigenvalue weighted by molar-refractivity contribution is 0.656. The van der Waals surface area contributed by atoms with Crippen LogP contribution >= 0.6 is 12.8 Å². The van der Waals surface area contributed by atoms with Gasteiger partial charge in [0.1, 0.15) is 0 Å². The largest absolute Gasteiger partial charge is 0.344 e. The van der Waals surface area contributed by atoms with Gasteiger partial charge in [-0.2, -0.15) is 10.2 Å². The van der Waals surface area contributed by atoms with Crippen LogP contribution in [-0.4, -0.2) is 26.8 Å². The van der Waals surface area contributed by atoms with Gasteiger partial charge in [-0.3, -0.25) is 0 Å². The Bertz CT molecular complexity index is 1900. The number of aryl methyl sites for hydroxylation is 1. The van der Waals surface area contributed by atoms with E-state index in [1.807, 2.05) is 35.5 Å². The molecule has 0 saturated heterocycles. The van der Waals surface area contributed by atoms with Gasteiger partial charge >= 0.3 is 0 Å². The summed E-state index contributed by atoms with van der Waals surface area (Å²) in [5.74, 6) is 0.189. The molecule has 0 saturated carbocycles. The third-order valence-corrected chi connectivity index (χ3v) is 9.16. The number of hydrogen-bond acceptors (Lipinski definition) is 4. The van der Waals surface area contributed by atoms with E-state index in [0.29, 0.717) is 6.54 Å². The third kappa shape index (κ3) is 6.80. The van der Waals surface area contributed by atoms with Crippen LogP contribution in [0.15, 0.2) is 132 Å². The number of aromatic nitrogens is 1. The Kier molecular flexibility index (Phi) is 10.4. The van der Waals surface area contributed by atoms with E-state index in [-0.39, 0.29) is 5.92 Å². The first-order valence-electron chi connectivity index (χ1n) is 16.0. The number of fused-ring (bicyclic) bond motifs is 1. The fourth-order valence-electron chi connectivity index (χ4n) is 6.14. The van der Waals surface area contributed by atoms with Gasteiger partial charge in [-0.05, 0) is 89.6 Å². The molecule has 3 heterocycles. The van der Waals surface area contributed by atoms with Crippen molar-refractivity contribution in [2.75, 3.05) is 6.54 Å². The van der Waals surface area contributed by atoms with Gasteiger partial charge in [0, 0.05) is 48.1 Å². The van der Waals surface area contributed by atoms with Gasteiger partial charge in [-0.1, -0.05) is 101 Å². The zero-order valence-corrected chi connectivity index (χ0v) is 28.4. The van der Waals surface area contributed by atoms with Crippen molar-refractivity contribution in [2.45, 2.75) is 40.0 Å². The van der Waals surface area contributed by atoms with Crippen molar-refractivity contribution >= 4 is 47.3 Å². The van der Waals surface area contributed by atoms with E-state index in [2.05, 4.69) is 128 Å². The highest BCUT2D eigenvalue weighted by Crippen LogP contribution is 2.33. The van der Waals surface area contributed by atoms with Gasteiger partial charge in [0.25, 0.3) is 0 Å². The van der Waals surface area contributed by atoms with Crippen LogP contribution in [0.2, 0.25) is 0 Å². The van der Waals surface area contributed by atoms with Crippen LogP contribution in [-0.2, 0) is 13.5 Å². The fourth-order valence-corrected chi connectivity index (χ4v) is 6.42. The van der Waals surface area contributed by atoms with E-state index >= 15 is 0 Å². The predicted octanol–water partition coefficient (Wildman–Crippen LogP) is 10.5. The summed E-state index contributed by atoms with van der Waals surface area (Å²) in [6, 6.07) is 13.5. The van der Waals surface area contributed by atoms with Crippen LogP contribution in [0.4, 0.5) is 0 Å². The maximum atomic E-state index is 4.83. The summed E-state index contributed by atoms with van der Waals surface area (Å²) < 4.78 is 4.23. The Labute approximate surface area is 280 Å². The standard InChI is InChI=1S/C41H44N4S/c1-8-16-39-35(11-4)36-26-31(20-21-40(36)44(39)7)32-23-30(24-33(25-32)38-27-37(42-43-38)28(5)9-2)18-15-19-41-34(10-3)29(6)17-13-12-14-22-45(41)46/h8-9,11-17,19-21,23-26,28,46H,2,4,6,10,18,22,27H2,1,3,5,7H3/b14-12-,16-8-,17-13-,19-15-,41-34-. The van der Waals surface area contributed by atoms with Crippen molar-refractivity contribution in [1.29, 1.82) is 0 Å². The highest BCUT2D eigenvalue weighted by Gasteiger charge is 2.20. The maximum absolute atomic E-state index is 4.83.